The second-order valence-corrected chi connectivity index (χ2v) is 8.57. The summed E-state index contributed by atoms with van der Waals surface area (Å²) in [6.07, 6.45) is 6.19. The highest BCUT2D eigenvalue weighted by Gasteiger charge is 2.35. The maximum absolute atomic E-state index is 12.8. The third-order valence-corrected chi connectivity index (χ3v) is 6.67. The van der Waals surface area contributed by atoms with Crippen LogP contribution in [0.5, 0.6) is 0 Å². The van der Waals surface area contributed by atoms with Crippen LogP contribution in [-0.4, -0.2) is 81.6 Å². The Morgan fingerprint density at radius 2 is 1.66 bits per heavy atom. The number of hydrogen-bond acceptors (Lipinski definition) is 5. The molecule has 3 aliphatic heterocycles. The molecule has 8 heteroatoms. The smallest absolute Gasteiger partial charge is 0.274 e. The Morgan fingerprint density at radius 1 is 0.931 bits per heavy atom. The summed E-state index contributed by atoms with van der Waals surface area (Å²) in [6, 6.07) is 3.33. The van der Waals surface area contributed by atoms with Crippen LogP contribution in [0.4, 0.5) is 0 Å². The molecule has 0 N–H and O–H groups in total. The molecule has 1 atom stereocenters. The van der Waals surface area contributed by atoms with Gasteiger partial charge in [0.15, 0.2) is 0 Å². The minimum absolute atomic E-state index is 0.111. The zero-order chi connectivity index (χ0) is 20.4. The third-order valence-electron chi connectivity index (χ3n) is 6.67. The minimum atomic E-state index is -0.219. The average molecular weight is 402 g/mol. The topological polar surface area (TPSA) is 78.8 Å². The van der Waals surface area contributed by atoms with E-state index in [1.54, 1.807) is 7.05 Å². The van der Waals surface area contributed by atoms with Crippen molar-refractivity contribution in [1.82, 2.24) is 24.5 Å². The van der Waals surface area contributed by atoms with Crippen LogP contribution < -0.4 is 5.56 Å². The molecule has 0 aliphatic carbocycles. The van der Waals surface area contributed by atoms with E-state index in [9.17, 15) is 14.4 Å². The van der Waals surface area contributed by atoms with Crippen molar-refractivity contribution >= 4 is 11.8 Å². The predicted molar refractivity (Wildman–Crippen MR) is 109 cm³/mol. The van der Waals surface area contributed by atoms with E-state index in [1.807, 2.05) is 4.90 Å². The Hall–Kier alpha value is -2.22. The molecule has 3 saturated heterocycles. The Kier molecular flexibility index (Phi) is 5.99. The zero-order valence-corrected chi connectivity index (χ0v) is 17.3. The average Bonchev–Trinajstić information content (AvgIpc) is 3.30. The lowest BCUT2D eigenvalue weighted by molar-refractivity contribution is -0.136. The normalized spacial score (nSPS) is 24.1. The number of rotatable bonds is 3. The second kappa shape index (κ2) is 8.65. The van der Waals surface area contributed by atoms with Crippen molar-refractivity contribution in [2.75, 3.05) is 39.3 Å². The standard InChI is InChI=1S/C21H31N5O3/c1-23-19(27)7-6-18(22-23)21(29)25-13-8-17(9-14-25)26-12-4-5-16(15-26)20(28)24-10-2-3-11-24/h6-7,16-17H,2-5,8-15H2,1H3/t16-/m0/s1. The van der Waals surface area contributed by atoms with Crippen LogP contribution in [0.15, 0.2) is 16.9 Å². The first-order chi connectivity index (χ1) is 14.0. The van der Waals surface area contributed by atoms with Gasteiger partial charge in [-0.3, -0.25) is 19.3 Å². The van der Waals surface area contributed by atoms with Crippen LogP contribution in [0.1, 0.15) is 49.0 Å². The summed E-state index contributed by atoms with van der Waals surface area (Å²) in [4.78, 5) is 43.4. The fourth-order valence-corrected chi connectivity index (χ4v) is 4.95. The lowest BCUT2D eigenvalue weighted by atomic mass is 9.93. The number of nitrogens with zero attached hydrogens (tertiary/aromatic N) is 5. The highest BCUT2D eigenvalue weighted by molar-refractivity contribution is 5.92. The molecule has 1 aromatic heterocycles. The first-order valence-electron chi connectivity index (χ1n) is 10.9. The summed E-state index contributed by atoms with van der Waals surface area (Å²) >= 11 is 0. The fourth-order valence-electron chi connectivity index (χ4n) is 4.95. The highest BCUT2D eigenvalue weighted by atomic mass is 16.2. The van der Waals surface area contributed by atoms with E-state index >= 15 is 0 Å². The zero-order valence-electron chi connectivity index (χ0n) is 17.3. The van der Waals surface area contributed by atoms with Crippen LogP contribution in [-0.2, 0) is 11.8 Å². The van der Waals surface area contributed by atoms with Gasteiger partial charge in [0, 0.05) is 51.9 Å². The minimum Gasteiger partial charge on any atom is -0.342 e. The van der Waals surface area contributed by atoms with E-state index in [2.05, 4.69) is 14.9 Å². The molecule has 0 bridgehead atoms. The van der Waals surface area contributed by atoms with Crippen LogP contribution in [0.3, 0.4) is 0 Å². The van der Waals surface area contributed by atoms with Gasteiger partial charge in [0.2, 0.25) is 5.91 Å². The van der Waals surface area contributed by atoms with E-state index in [-0.39, 0.29) is 17.4 Å². The van der Waals surface area contributed by atoms with Crippen molar-refractivity contribution in [2.24, 2.45) is 13.0 Å². The predicted octanol–water partition coefficient (Wildman–Crippen LogP) is 0.719. The van der Waals surface area contributed by atoms with Crippen molar-refractivity contribution < 1.29 is 9.59 Å². The molecular weight excluding hydrogens is 370 g/mol. The number of hydrogen-bond donors (Lipinski definition) is 0. The molecule has 4 heterocycles. The highest BCUT2D eigenvalue weighted by Crippen LogP contribution is 2.26. The van der Waals surface area contributed by atoms with E-state index in [0.717, 1.165) is 64.7 Å². The Balaban J connectivity index is 1.31. The second-order valence-electron chi connectivity index (χ2n) is 8.57. The van der Waals surface area contributed by atoms with Gasteiger partial charge in [-0.1, -0.05) is 0 Å². The van der Waals surface area contributed by atoms with Crippen molar-refractivity contribution in [1.29, 1.82) is 0 Å². The number of aromatic nitrogens is 2. The van der Waals surface area contributed by atoms with Crippen molar-refractivity contribution in [3.63, 3.8) is 0 Å². The first kappa shape index (κ1) is 20.1. The SMILES string of the molecule is Cn1nc(C(=O)N2CCC(N3CCC[C@H](C(=O)N4CCCC4)C3)CC2)ccc1=O. The molecular formula is C21H31N5O3. The summed E-state index contributed by atoms with van der Waals surface area (Å²) in [5.41, 5.74) is 0.100. The molecule has 2 amide bonds. The number of amides is 2. The molecule has 8 nitrogen and oxygen atoms in total. The molecule has 0 radical (unpaired) electrons. The number of carbonyl (C=O) groups excluding carboxylic acids is 2. The lowest BCUT2D eigenvalue weighted by Gasteiger charge is -2.42. The van der Waals surface area contributed by atoms with Gasteiger partial charge in [0.05, 0.1) is 5.92 Å². The summed E-state index contributed by atoms with van der Waals surface area (Å²) in [5, 5.41) is 4.08. The number of likely N-dealkylation sites (tertiary alicyclic amines) is 3. The van der Waals surface area contributed by atoms with Gasteiger partial charge in [-0.2, -0.15) is 5.10 Å². The van der Waals surface area contributed by atoms with Crippen LogP contribution in [0, 0.1) is 5.92 Å². The Labute approximate surface area is 171 Å². The molecule has 1 aromatic rings. The van der Waals surface area contributed by atoms with E-state index in [1.165, 1.54) is 16.8 Å². The van der Waals surface area contributed by atoms with Gasteiger partial charge < -0.3 is 9.80 Å². The van der Waals surface area contributed by atoms with Gasteiger partial charge in [-0.05, 0) is 51.1 Å². The Morgan fingerprint density at radius 3 is 2.34 bits per heavy atom. The monoisotopic (exact) mass is 401 g/mol. The van der Waals surface area contributed by atoms with E-state index < -0.39 is 0 Å². The first-order valence-corrected chi connectivity index (χ1v) is 10.9. The van der Waals surface area contributed by atoms with Crippen molar-refractivity contribution in [3.05, 3.63) is 28.2 Å². The molecule has 158 valence electrons. The van der Waals surface area contributed by atoms with Crippen LogP contribution in [0.2, 0.25) is 0 Å². The fraction of sp³-hybridized carbons (Fsp3) is 0.714. The largest absolute Gasteiger partial charge is 0.342 e. The van der Waals surface area contributed by atoms with Gasteiger partial charge in [-0.25, -0.2) is 4.68 Å². The maximum atomic E-state index is 12.8. The molecule has 3 fully saturated rings. The van der Waals surface area contributed by atoms with Crippen molar-refractivity contribution in [3.8, 4) is 0 Å². The summed E-state index contributed by atoms with van der Waals surface area (Å²) in [6.45, 7) is 5.13. The molecule has 29 heavy (non-hydrogen) atoms. The van der Waals surface area contributed by atoms with Gasteiger partial charge in [-0.15, -0.1) is 0 Å². The molecule has 0 unspecified atom stereocenters. The lowest BCUT2D eigenvalue weighted by Crippen LogP contribution is -2.51. The van der Waals surface area contributed by atoms with Crippen molar-refractivity contribution in [2.45, 2.75) is 44.6 Å². The summed E-state index contributed by atoms with van der Waals surface area (Å²) < 4.78 is 1.20. The molecule has 0 spiro atoms. The number of carbonyl (C=O) groups is 2. The van der Waals surface area contributed by atoms with Gasteiger partial charge in [0.1, 0.15) is 5.69 Å². The van der Waals surface area contributed by atoms with Gasteiger partial charge >= 0.3 is 0 Å². The summed E-state index contributed by atoms with van der Waals surface area (Å²) in [5.74, 6) is 0.372. The van der Waals surface area contributed by atoms with Crippen LogP contribution in [0.25, 0.3) is 0 Å². The van der Waals surface area contributed by atoms with E-state index in [0.29, 0.717) is 30.7 Å². The molecule has 0 saturated carbocycles. The molecule has 3 aliphatic rings. The van der Waals surface area contributed by atoms with Gasteiger partial charge in [0.25, 0.3) is 11.5 Å². The third kappa shape index (κ3) is 4.37. The number of aryl methyl sites for hydroxylation is 1. The molecule has 0 aromatic carbocycles. The van der Waals surface area contributed by atoms with Crippen LogP contribution >= 0.6 is 0 Å². The quantitative estimate of drug-likeness (QED) is 0.746. The number of piperidine rings is 2. The summed E-state index contributed by atoms with van der Waals surface area (Å²) in [7, 11) is 1.56. The van der Waals surface area contributed by atoms with E-state index in [4.69, 9.17) is 0 Å². The maximum Gasteiger partial charge on any atom is 0.274 e. The Bertz CT molecular complexity index is 809. The molecule has 4 rings (SSSR count).